The Morgan fingerprint density at radius 1 is 1.11 bits per heavy atom. The Morgan fingerprint density at radius 2 is 1.80 bits per heavy atom. The van der Waals surface area contributed by atoms with E-state index in [0.717, 1.165) is 16.8 Å². The molecule has 0 aliphatic rings. The molecule has 0 radical (unpaired) electrons. The van der Waals surface area contributed by atoms with Gasteiger partial charge in [-0.15, -0.1) is 0 Å². The maximum atomic E-state index is 11.7. The van der Waals surface area contributed by atoms with Crippen LogP contribution in [0.2, 0.25) is 0 Å². The summed E-state index contributed by atoms with van der Waals surface area (Å²) in [5, 5.41) is 21.1. The SMILES string of the molecule is Cc1cnc(Nc2ccc(NCC(C)N(C)C)c([N+](=O)[O-])c2)nc1Nc1ccc(C[P+](C)=O)cc1. The molecule has 2 atom stereocenters. The van der Waals surface area contributed by atoms with E-state index in [1.165, 1.54) is 6.07 Å². The number of nitrogens with one attached hydrogen (secondary N) is 3. The fraction of sp³-hybridized carbons (Fsp3) is 0.333. The van der Waals surface area contributed by atoms with Crippen LogP contribution in [0.1, 0.15) is 18.1 Å². The van der Waals surface area contributed by atoms with Crippen molar-refractivity contribution in [3.05, 3.63) is 69.9 Å². The smallest absolute Gasteiger partial charge is 0.340 e. The van der Waals surface area contributed by atoms with Gasteiger partial charge in [0, 0.05) is 41.8 Å². The first kappa shape index (κ1) is 26.0. The molecule has 0 saturated carbocycles. The number of rotatable bonds is 11. The van der Waals surface area contributed by atoms with E-state index in [4.69, 9.17) is 0 Å². The summed E-state index contributed by atoms with van der Waals surface area (Å²) in [6.45, 7) is 6.22. The van der Waals surface area contributed by atoms with Crippen LogP contribution < -0.4 is 16.0 Å². The Hall–Kier alpha value is -3.62. The lowest BCUT2D eigenvalue weighted by Gasteiger charge is -2.20. The minimum Gasteiger partial charge on any atom is -0.378 e. The third-order valence-corrected chi connectivity index (χ3v) is 6.32. The van der Waals surface area contributed by atoms with Crippen LogP contribution in [-0.4, -0.2) is 53.1 Å². The fourth-order valence-electron chi connectivity index (χ4n) is 3.20. The molecule has 35 heavy (non-hydrogen) atoms. The maximum Gasteiger partial charge on any atom is 0.340 e. The molecule has 2 unspecified atom stereocenters. The van der Waals surface area contributed by atoms with E-state index in [-0.39, 0.29) is 11.7 Å². The molecule has 10 nitrogen and oxygen atoms in total. The van der Waals surface area contributed by atoms with Crippen LogP contribution in [0.3, 0.4) is 0 Å². The molecular formula is C24H31N7O3P+. The number of aromatic nitrogens is 2. The number of nitro benzene ring substituents is 1. The molecule has 3 aromatic rings. The second-order valence-corrected chi connectivity index (χ2v) is 10.2. The van der Waals surface area contributed by atoms with Crippen molar-refractivity contribution in [1.29, 1.82) is 0 Å². The molecule has 0 fully saturated rings. The van der Waals surface area contributed by atoms with E-state index in [9.17, 15) is 14.7 Å². The molecular weight excluding hydrogens is 465 g/mol. The largest absolute Gasteiger partial charge is 0.378 e. The summed E-state index contributed by atoms with van der Waals surface area (Å²) in [4.78, 5) is 22.1. The number of anilines is 5. The lowest BCUT2D eigenvalue weighted by molar-refractivity contribution is -0.383. The highest BCUT2D eigenvalue weighted by Crippen LogP contribution is 2.30. The molecule has 3 N–H and O–H groups in total. The Bertz CT molecular complexity index is 1200. The van der Waals surface area contributed by atoms with Gasteiger partial charge in [-0.05, 0) is 57.8 Å². The summed E-state index contributed by atoms with van der Waals surface area (Å²) >= 11 is 0. The van der Waals surface area contributed by atoms with Crippen molar-refractivity contribution < 1.29 is 9.49 Å². The minimum atomic E-state index is -1.23. The third-order valence-electron chi connectivity index (χ3n) is 5.51. The lowest BCUT2D eigenvalue weighted by atomic mass is 10.2. The highest BCUT2D eigenvalue weighted by Gasteiger charge is 2.17. The maximum absolute atomic E-state index is 11.7. The summed E-state index contributed by atoms with van der Waals surface area (Å²) < 4.78 is 11.4. The van der Waals surface area contributed by atoms with Gasteiger partial charge in [-0.2, -0.15) is 4.98 Å². The van der Waals surface area contributed by atoms with E-state index in [1.807, 2.05) is 57.1 Å². The van der Waals surface area contributed by atoms with Gasteiger partial charge in [-0.1, -0.05) is 16.7 Å². The zero-order valence-electron chi connectivity index (χ0n) is 20.6. The molecule has 0 bridgehead atoms. The minimum absolute atomic E-state index is 0.0275. The number of hydrogen-bond acceptors (Lipinski definition) is 9. The Morgan fingerprint density at radius 3 is 2.43 bits per heavy atom. The normalized spacial score (nSPS) is 12.2. The van der Waals surface area contributed by atoms with E-state index < -0.39 is 12.7 Å². The zero-order chi connectivity index (χ0) is 25.5. The van der Waals surface area contributed by atoms with Crippen molar-refractivity contribution in [3.63, 3.8) is 0 Å². The first-order valence-electron chi connectivity index (χ1n) is 11.2. The van der Waals surface area contributed by atoms with Gasteiger partial charge in [0.25, 0.3) is 5.69 Å². The van der Waals surface area contributed by atoms with Gasteiger partial charge >= 0.3 is 7.80 Å². The number of hydrogen-bond donors (Lipinski definition) is 3. The first-order chi connectivity index (χ1) is 16.6. The predicted octanol–water partition coefficient (Wildman–Crippen LogP) is 5.50. The van der Waals surface area contributed by atoms with Crippen LogP contribution in [0.25, 0.3) is 0 Å². The predicted molar refractivity (Wildman–Crippen MR) is 142 cm³/mol. The molecule has 1 heterocycles. The number of nitro groups is 1. The highest BCUT2D eigenvalue weighted by molar-refractivity contribution is 7.42. The molecule has 0 aliphatic heterocycles. The molecule has 0 spiro atoms. The molecule has 0 saturated heterocycles. The Labute approximate surface area is 206 Å². The van der Waals surface area contributed by atoms with E-state index >= 15 is 0 Å². The summed E-state index contributed by atoms with van der Waals surface area (Å²) in [7, 11) is 2.69. The van der Waals surface area contributed by atoms with Gasteiger partial charge in [0.15, 0.2) is 6.16 Å². The fourth-order valence-corrected chi connectivity index (χ4v) is 3.92. The Balaban J connectivity index is 1.75. The van der Waals surface area contributed by atoms with Crippen LogP contribution in [0.4, 0.5) is 34.5 Å². The van der Waals surface area contributed by atoms with Gasteiger partial charge in [0.05, 0.1) is 4.92 Å². The second-order valence-electron chi connectivity index (χ2n) is 8.64. The number of nitrogens with zero attached hydrogens (tertiary/aromatic N) is 4. The molecule has 0 aliphatic carbocycles. The van der Waals surface area contributed by atoms with Crippen LogP contribution in [0.15, 0.2) is 48.7 Å². The lowest BCUT2D eigenvalue weighted by Crippen LogP contribution is -2.31. The topological polar surface area (TPSA) is 125 Å². The van der Waals surface area contributed by atoms with Crippen molar-refractivity contribution >= 4 is 42.3 Å². The molecule has 11 heteroatoms. The van der Waals surface area contributed by atoms with Gasteiger partial charge in [-0.3, -0.25) is 10.1 Å². The molecule has 184 valence electrons. The number of benzene rings is 2. The second kappa shape index (κ2) is 11.7. The van der Waals surface area contributed by atoms with Crippen LogP contribution in [0, 0.1) is 17.0 Å². The molecule has 2 aromatic carbocycles. The van der Waals surface area contributed by atoms with Crippen molar-refractivity contribution in [2.75, 3.05) is 43.3 Å². The quantitative estimate of drug-likeness (QED) is 0.179. The van der Waals surface area contributed by atoms with Gasteiger partial charge in [-0.25, -0.2) is 4.98 Å². The van der Waals surface area contributed by atoms with Crippen molar-refractivity contribution in [2.24, 2.45) is 0 Å². The van der Waals surface area contributed by atoms with Crippen LogP contribution in [0.5, 0.6) is 0 Å². The zero-order valence-corrected chi connectivity index (χ0v) is 21.5. The average molecular weight is 497 g/mol. The molecule has 0 amide bonds. The van der Waals surface area contributed by atoms with Crippen LogP contribution in [-0.2, 0) is 10.7 Å². The number of likely N-dealkylation sites (N-methyl/N-ethyl adjacent to an activating group) is 1. The van der Waals surface area contributed by atoms with Gasteiger partial charge in [0.2, 0.25) is 5.95 Å². The average Bonchev–Trinajstić information content (AvgIpc) is 2.80. The third kappa shape index (κ3) is 7.43. The van der Waals surface area contributed by atoms with Gasteiger partial charge < -0.3 is 20.9 Å². The van der Waals surface area contributed by atoms with Crippen molar-refractivity contribution in [1.82, 2.24) is 14.9 Å². The summed E-state index contributed by atoms with van der Waals surface area (Å²) in [6, 6.07) is 12.8. The highest BCUT2D eigenvalue weighted by atomic mass is 31.1. The van der Waals surface area contributed by atoms with Crippen molar-refractivity contribution in [3.8, 4) is 0 Å². The summed E-state index contributed by atoms with van der Waals surface area (Å²) in [6.07, 6.45) is 2.23. The molecule has 3 rings (SSSR count). The van der Waals surface area contributed by atoms with E-state index in [2.05, 4.69) is 25.9 Å². The van der Waals surface area contributed by atoms with E-state index in [0.29, 0.717) is 35.8 Å². The van der Waals surface area contributed by atoms with Crippen LogP contribution >= 0.6 is 7.80 Å². The van der Waals surface area contributed by atoms with E-state index in [1.54, 1.807) is 25.0 Å². The molecule has 1 aromatic heterocycles. The number of aryl methyl sites for hydroxylation is 1. The summed E-state index contributed by atoms with van der Waals surface area (Å²) in [5.74, 6) is 0.927. The standard InChI is InChI=1S/C24H31N7O3P/c1-16-13-26-24(29-23(16)27-19-8-6-18(7-9-19)15-35(5)34)28-20-10-11-21(22(12-20)31(32)33)25-14-17(2)30(3)4/h6-13,17,25H,14-15H2,1-5H3,(H2,26,27,28,29)/q+1. The Kier molecular flexibility index (Phi) is 8.68. The van der Waals surface area contributed by atoms with Crippen molar-refractivity contribution in [2.45, 2.75) is 26.1 Å². The summed E-state index contributed by atoms with van der Waals surface area (Å²) in [5.41, 5.74) is 3.63. The van der Waals surface area contributed by atoms with Gasteiger partial charge in [0.1, 0.15) is 18.2 Å². The monoisotopic (exact) mass is 496 g/mol. The first-order valence-corrected chi connectivity index (χ1v) is 13.0.